The molecule has 0 saturated heterocycles. The van der Waals surface area contributed by atoms with E-state index in [1.807, 2.05) is 23.5 Å². The maximum Gasteiger partial charge on any atom is 0.135 e. The number of anilines is 3. The van der Waals surface area contributed by atoms with Gasteiger partial charge in [-0.1, -0.05) is 121 Å². The van der Waals surface area contributed by atoms with Crippen LogP contribution in [-0.2, 0) is 0 Å². The van der Waals surface area contributed by atoms with E-state index in [0.717, 1.165) is 39.0 Å². The molecule has 0 amide bonds. The number of hydrogen-bond donors (Lipinski definition) is 0. The average molecular weight is 668 g/mol. The van der Waals surface area contributed by atoms with Crippen molar-refractivity contribution < 1.29 is 4.42 Å². The van der Waals surface area contributed by atoms with Gasteiger partial charge in [0.15, 0.2) is 0 Å². The SMILES string of the molecule is c1ccc2c(c1)oc1ccc(N(c3ccc(-c4ccc5c6ccccc6c6ccccc6c5c4)cc3)c3cccc4c3sc3ccccc34)cc12. The summed E-state index contributed by atoms with van der Waals surface area (Å²) in [6.45, 7) is 0. The first-order valence-corrected chi connectivity index (χ1v) is 18.2. The smallest absolute Gasteiger partial charge is 0.135 e. The zero-order valence-corrected chi connectivity index (χ0v) is 28.3. The standard InChI is InChI=1S/C48H29NOS/c1-2-12-36-34(10-1)35-11-3-4-13-37(35)42-28-31(22-26-38(36)42)30-20-23-32(24-21-30)49(33-25-27-46-43(29-33)39-14-5-7-18-45(39)50-46)44-17-9-16-41-40-15-6-8-19-47(40)51-48(41)44/h1-29H. The van der Waals surface area contributed by atoms with E-state index >= 15 is 0 Å². The molecule has 0 atom stereocenters. The van der Waals surface area contributed by atoms with Crippen LogP contribution >= 0.6 is 11.3 Å². The van der Waals surface area contributed by atoms with Crippen molar-refractivity contribution in [1.82, 2.24) is 0 Å². The van der Waals surface area contributed by atoms with Gasteiger partial charge in [-0.05, 0) is 98.0 Å². The molecule has 51 heavy (non-hydrogen) atoms. The van der Waals surface area contributed by atoms with E-state index in [9.17, 15) is 0 Å². The lowest BCUT2D eigenvalue weighted by atomic mass is 9.92. The summed E-state index contributed by atoms with van der Waals surface area (Å²) in [5.41, 5.74) is 7.56. The molecule has 0 N–H and O–H groups in total. The molecule has 0 saturated carbocycles. The second kappa shape index (κ2) is 11.0. The molecule has 2 aromatic heterocycles. The van der Waals surface area contributed by atoms with Gasteiger partial charge in [0.1, 0.15) is 11.2 Å². The summed E-state index contributed by atoms with van der Waals surface area (Å²) in [6, 6.07) is 63.8. The van der Waals surface area contributed by atoms with Crippen LogP contribution in [0.15, 0.2) is 180 Å². The van der Waals surface area contributed by atoms with Crippen LogP contribution in [-0.4, -0.2) is 0 Å². The zero-order valence-electron chi connectivity index (χ0n) is 27.5. The first-order valence-electron chi connectivity index (χ1n) is 17.3. The Bertz CT molecular complexity index is 3110. The third-order valence-electron chi connectivity index (χ3n) is 10.4. The first-order chi connectivity index (χ1) is 25.3. The Hall–Kier alpha value is -6.42. The van der Waals surface area contributed by atoms with E-state index in [-0.39, 0.29) is 0 Å². The highest BCUT2D eigenvalue weighted by Crippen LogP contribution is 2.46. The predicted molar refractivity (Wildman–Crippen MR) is 219 cm³/mol. The van der Waals surface area contributed by atoms with Crippen LogP contribution in [0, 0.1) is 0 Å². The fourth-order valence-corrected chi connectivity index (χ4v) is 9.29. The number of nitrogens with zero attached hydrogens (tertiary/aromatic N) is 1. The minimum atomic E-state index is 0.895. The summed E-state index contributed by atoms with van der Waals surface area (Å²) >= 11 is 1.86. The lowest BCUT2D eigenvalue weighted by molar-refractivity contribution is 0.669. The lowest BCUT2D eigenvalue weighted by Crippen LogP contribution is -2.10. The highest BCUT2D eigenvalue weighted by Gasteiger charge is 2.20. The van der Waals surface area contributed by atoms with Gasteiger partial charge in [-0.3, -0.25) is 0 Å². The molecule has 0 spiro atoms. The number of para-hydroxylation sites is 1. The summed E-state index contributed by atoms with van der Waals surface area (Å²) in [6.07, 6.45) is 0. The predicted octanol–water partition coefficient (Wildman–Crippen LogP) is 14.6. The van der Waals surface area contributed by atoms with Crippen molar-refractivity contribution in [2.75, 3.05) is 4.90 Å². The molecule has 0 aliphatic heterocycles. The highest BCUT2D eigenvalue weighted by molar-refractivity contribution is 7.26. The molecule has 0 radical (unpaired) electrons. The fraction of sp³-hybridized carbons (Fsp3) is 0. The van der Waals surface area contributed by atoms with Crippen LogP contribution in [0.5, 0.6) is 0 Å². The minimum absolute atomic E-state index is 0.895. The number of hydrogen-bond acceptors (Lipinski definition) is 3. The van der Waals surface area contributed by atoms with E-state index in [2.05, 4.69) is 169 Å². The Morgan fingerprint density at radius 3 is 1.69 bits per heavy atom. The molecule has 2 heterocycles. The summed E-state index contributed by atoms with van der Waals surface area (Å²) in [5, 5.41) is 12.6. The molecule has 0 aliphatic carbocycles. The molecule has 0 aliphatic rings. The van der Waals surface area contributed by atoms with Crippen LogP contribution in [0.4, 0.5) is 17.1 Å². The molecule has 0 fully saturated rings. The van der Waals surface area contributed by atoms with Crippen LogP contribution in [0.1, 0.15) is 0 Å². The molecule has 2 nitrogen and oxygen atoms in total. The van der Waals surface area contributed by atoms with Crippen molar-refractivity contribution in [3.63, 3.8) is 0 Å². The molecule has 9 aromatic carbocycles. The summed E-state index contributed by atoms with van der Waals surface area (Å²) in [7, 11) is 0. The van der Waals surface area contributed by atoms with Crippen molar-refractivity contribution >= 4 is 103 Å². The van der Waals surface area contributed by atoms with E-state index in [1.165, 1.54) is 63.6 Å². The van der Waals surface area contributed by atoms with Gasteiger partial charge in [-0.25, -0.2) is 0 Å². The lowest BCUT2D eigenvalue weighted by Gasteiger charge is -2.26. The van der Waals surface area contributed by atoms with Gasteiger partial charge >= 0.3 is 0 Å². The van der Waals surface area contributed by atoms with Gasteiger partial charge in [-0.15, -0.1) is 11.3 Å². The normalized spacial score (nSPS) is 11.9. The Kier molecular flexibility index (Phi) is 6.16. The molecule has 11 aromatic rings. The van der Waals surface area contributed by atoms with E-state index in [4.69, 9.17) is 4.42 Å². The summed E-state index contributed by atoms with van der Waals surface area (Å²) < 4.78 is 8.80. The maximum atomic E-state index is 6.24. The molecule has 11 rings (SSSR count). The number of thiophene rings is 1. The second-order valence-electron chi connectivity index (χ2n) is 13.3. The van der Waals surface area contributed by atoms with Crippen molar-refractivity contribution in [3.05, 3.63) is 176 Å². The van der Waals surface area contributed by atoms with Gasteiger partial charge < -0.3 is 9.32 Å². The van der Waals surface area contributed by atoms with Crippen molar-refractivity contribution in [1.29, 1.82) is 0 Å². The first kappa shape index (κ1) is 28.4. The zero-order chi connectivity index (χ0) is 33.5. The van der Waals surface area contributed by atoms with Crippen LogP contribution in [0.25, 0.3) is 85.6 Å². The second-order valence-corrected chi connectivity index (χ2v) is 14.3. The number of furan rings is 1. The van der Waals surface area contributed by atoms with Crippen LogP contribution in [0.2, 0.25) is 0 Å². The Balaban J connectivity index is 1.09. The monoisotopic (exact) mass is 667 g/mol. The highest BCUT2D eigenvalue weighted by atomic mass is 32.1. The third kappa shape index (κ3) is 4.35. The fourth-order valence-electron chi connectivity index (χ4n) is 8.08. The van der Waals surface area contributed by atoms with E-state index < -0.39 is 0 Å². The summed E-state index contributed by atoms with van der Waals surface area (Å²) in [5.74, 6) is 0. The average Bonchev–Trinajstić information content (AvgIpc) is 3.77. The van der Waals surface area contributed by atoms with E-state index in [1.54, 1.807) is 0 Å². The quantitative estimate of drug-likeness (QED) is 0.174. The van der Waals surface area contributed by atoms with Crippen molar-refractivity contribution in [2.24, 2.45) is 0 Å². The molecule has 0 unspecified atom stereocenters. The maximum absolute atomic E-state index is 6.24. The van der Waals surface area contributed by atoms with Gasteiger partial charge in [0.25, 0.3) is 0 Å². The van der Waals surface area contributed by atoms with Crippen molar-refractivity contribution in [2.45, 2.75) is 0 Å². The molecule has 0 bridgehead atoms. The largest absolute Gasteiger partial charge is 0.456 e. The Labute approximate surface area is 298 Å². The topological polar surface area (TPSA) is 16.4 Å². The molecular formula is C48H29NOS. The Morgan fingerprint density at radius 1 is 0.353 bits per heavy atom. The molecule has 3 heteroatoms. The van der Waals surface area contributed by atoms with Gasteiger partial charge in [0, 0.05) is 37.6 Å². The third-order valence-corrected chi connectivity index (χ3v) is 11.7. The van der Waals surface area contributed by atoms with Crippen LogP contribution in [0.3, 0.4) is 0 Å². The number of benzene rings is 9. The van der Waals surface area contributed by atoms with Gasteiger partial charge in [-0.2, -0.15) is 0 Å². The number of fused-ring (bicyclic) bond motifs is 12. The van der Waals surface area contributed by atoms with Gasteiger partial charge in [0.2, 0.25) is 0 Å². The Morgan fingerprint density at radius 2 is 0.922 bits per heavy atom. The van der Waals surface area contributed by atoms with Gasteiger partial charge in [0.05, 0.1) is 10.4 Å². The molecular weight excluding hydrogens is 639 g/mol. The minimum Gasteiger partial charge on any atom is -0.456 e. The number of rotatable bonds is 4. The van der Waals surface area contributed by atoms with Crippen molar-refractivity contribution in [3.8, 4) is 11.1 Å². The molecule has 238 valence electrons. The van der Waals surface area contributed by atoms with E-state index in [0.29, 0.717) is 0 Å². The van der Waals surface area contributed by atoms with Crippen LogP contribution < -0.4 is 4.90 Å². The summed E-state index contributed by atoms with van der Waals surface area (Å²) in [4.78, 5) is 2.41.